The van der Waals surface area contributed by atoms with Gasteiger partial charge in [0, 0.05) is 22.9 Å². The zero-order chi connectivity index (χ0) is 26.3. The molecule has 0 saturated heterocycles. The second kappa shape index (κ2) is 11.8. The highest BCUT2D eigenvalue weighted by Gasteiger charge is 2.38. The lowest BCUT2D eigenvalue weighted by Crippen LogP contribution is -2.31. The lowest BCUT2D eigenvalue weighted by atomic mass is 9.91. The van der Waals surface area contributed by atoms with Crippen LogP contribution in [0.4, 0.5) is 18.9 Å². The van der Waals surface area contributed by atoms with E-state index in [2.05, 4.69) is 20.9 Å². The number of nitrogens with zero attached hydrogens (tertiary/aromatic N) is 3. The van der Waals surface area contributed by atoms with Gasteiger partial charge in [-0.3, -0.25) is 4.79 Å². The quantitative estimate of drug-likeness (QED) is 0.460. The van der Waals surface area contributed by atoms with Gasteiger partial charge in [0.25, 0.3) is 5.91 Å². The molecule has 1 fully saturated rings. The highest BCUT2D eigenvalue weighted by Crippen LogP contribution is 2.29. The lowest BCUT2D eigenvalue weighted by molar-refractivity contribution is -0.192. The maximum Gasteiger partial charge on any atom is 0.490 e. The minimum absolute atomic E-state index is 0.117. The molecule has 1 amide bonds. The molecule has 0 radical (unpaired) electrons. The number of aliphatic carboxylic acids is 1. The highest BCUT2D eigenvalue weighted by atomic mass is 19.4. The number of amides is 1. The molecule has 2 aromatic carbocycles. The van der Waals surface area contributed by atoms with E-state index in [1.54, 1.807) is 0 Å². The van der Waals surface area contributed by atoms with Gasteiger partial charge in [-0.05, 0) is 63.4 Å². The first kappa shape index (κ1) is 26.9. The van der Waals surface area contributed by atoms with Crippen molar-refractivity contribution in [3.63, 3.8) is 0 Å². The van der Waals surface area contributed by atoms with Crippen LogP contribution >= 0.6 is 0 Å². The second-order valence-corrected chi connectivity index (χ2v) is 8.53. The summed E-state index contributed by atoms with van der Waals surface area (Å²) in [6.07, 6.45) is 1.45. The third-order valence-electron chi connectivity index (χ3n) is 6.04. The van der Waals surface area contributed by atoms with Gasteiger partial charge >= 0.3 is 12.1 Å². The van der Waals surface area contributed by atoms with Gasteiger partial charge in [-0.2, -0.15) is 13.2 Å². The Bertz CT molecular complexity index is 1170. The van der Waals surface area contributed by atoms with Crippen LogP contribution in [-0.4, -0.2) is 51.2 Å². The first-order valence-corrected chi connectivity index (χ1v) is 11.4. The zero-order valence-electron chi connectivity index (χ0n) is 19.9. The Balaban J connectivity index is 0.000000454. The number of hydrogen-bond acceptors (Lipinski definition) is 5. The maximum atomic E-state index is 12.8. The zero-order valence-corrected chi connectivity index (χ0v) is 19.9. The van der Waals surface area contributed by atoms with E-state index >= 15 is 0 Å². The lowest BCUT2D eigenvalue weighted by Gasteiger charge is -2.27. The van der Waals surface area contributed by atoms with Crippen molar-refractivity contribution in [1.82, 2.24) is 20.3 Å². The molecule has 0 atom stereocenters. The molecule has 1 heterocycles. The van der Waals surface area contributed by atoms with Gasteiger partial charge in [-0.15, -0.1) is 5.10 Å². The van der Waals surface area contributed by atoms with Crippen molar-refractivity contribution >= 4 is 17.6 Å². The number of hydrogen-bond donors (Lipinski definition) is 3. The number of rotatable bonds is 5. The van der Waals surface area contributed by atoms with Gasteiger partial charge in [-0.1, -0.05) is 35.5 Å². The molecule has 1 aromatic heterocycles. The van der Waals surface area contributed by atoms with Crippen molar-refractivity contribution in [3.05, 3.63) is 65.9 Å². The molecule has 0 aliphatic heterocycles. The number of carbonyl (C=O) groups excluding carboxylic acids is 1. The van der Waals surface area contributed by atoms with Gasteiger partial charge < -0.3 is 15.7 Å². The average molecular weight is 504 g/mol. The van der Waals surface area contributed by atoms with Crippen molar-refractivity contribution < 1.29 is 27.9 Å². The molecule has 11 heteroatoms. The van der Waals surface area contributed by atoms with E-state index in [0.29, 0.717) is 17.6 Å². The van der Waals surface area contributed by atoms with Crippen molar-refractivity contribution in [3.8, 4) is 11.3 Å². The minimum atomic E-state index is -5.08. The minimum Gasteiger partial charge on any atom is -0.475 e. The summed E-state index contributed by atoms with van der Waals surface area (Å²) >= 11 is 0. The molecule has 8 nitrogen and oxygen atoms in total. The summed E-state index contributed by atoms with van der Waals surface area (Å²) in [5.41, 5.74) is 4.07. The van der Waals surface area contributed by atoms with Crippen LogP contribution in [0, 0.1) is 6.92 Å². The SMILES string of the molecule is CNC1CCC(n2cc(-c3ccc(C)c(C(=O)Nc4ccccc4)c3)nn2)CC1.O=C(O)C(F)(F)F. The van der Waals surface area contributed by atoms with E-state index in [1.165, 1.54) is 0 Å². The molecular formula is C25H28F3N5O3. The Kier molecular flexibility index (Phi) is 8.81. The third-order valence-corrected chi connectivity index (χ3v) is 6.04. The molecule has 1 aliphatic rings. The van der Waals surface area contributed by atoms with Crippen LogP contribution in [0.15, 0.2) is 54.7 Å². The standard InChI is InChI=1S/C23H27N5O.C2HF3O2/c1-16-8-9-17(14-21(16)23(29)25-19-6-4-3-5-7-19)22-15-28(27-26-22)20-12-10-18(24-2)11-13-20;3-2(4,5)1(6)7/h3-9,14-15,18,20,24H,10-13H2,1-2H3,(H,25,29);(H,6,7). The van der Waals surface area contributed by atoms with Gasteiger partial charge in [0.15, 0.2) is 0 Å². The summed E-state index contributed by atoms with van der Waals surface area (Å²) in [6.45, 7) is 1.95. The summed E-state index contributed by atoms with van der Waals surface area (Å²) in [5.74, 6) is -2.87. The summed E-state index contributed by atoms with van der Waals surface area (Å²) < 4.78 is 33.7. The van der Waals surface area contributed by atoms with Crippen LogP contribution in [-0.2, 0) is 4.79 Å². The third kappa shape index (κ3) is 7.14. The maximum absolute atomic E-state index is 12.8. The molecule has 0 unspecified atom stereocenters. The van der Waals surface area contributed by atoms with E-state index in [0.717, 1.165) is 48.2 Å². The monoisotopic (exact) mass is 503 g/mol. The summed E-state index contributed by atoms with van der Waals surface area (Å²) in [5, 5.41) is 22.2. The number of anilines is 1. The number of carboxylic acids is 1. The molecule has 3 N–H and O–H groups in total. The summed E-state index contributed by atoms with van der Waals surface area (Å²) in [4.78, 5) is 21.7. The summed E-state index contributed by atoms with van der Waals surface area (Å²) in [7, 11) is 2.03. The van der Waals surface area contributed by atoms with Crippen molar-refractivity contribution in [2.45, 2.75) is 50.9 Å². The predicted octanol–water partition coefficient (Wildman–Crippen LogP) is 4.84. The fourth-order valence-corrected chi connectivity index (χ4v) is 3.96. The van der Waals surface area contributed by atoms with Crippen LogP contribution in [0.1, 0.15) is 47.6 Å². The van der Waals surface area contributed by atoms with Crippen LogP contribution in [0.25, 0.3) is 11.3 Å². The molecule has 36 heavy (non-hydrogen) atoms. The second-order valence-electron chi connectivity index (χ2n) is 8.53. The molecule has 1 aliphatic carbocycles. The Morgan fingerprint density at radius 2 is 1.69 bits per heavy atom. The highest BCUT2D eigenvalue weighted by molar-refractivity contribution is 6.05. The number of benzene rings is 2. The average Bonchev–Trinajstić information content (AvgIpc) is 3.35. The fraction of sp³-hybridized carbons (Fsp3) is 0.360. The van der Waals surface area contributed by atoms with Crippen LogP contribution in [0.5, 0.6) is 0 Å². The normalized spacial score (nSPS) is 17.6. The molecule has 1 saturated carbocycles. The topological polar surface area (TPSA) is 109 Å². The fourth-order valence-electron chi connectivity index (χ4n) is 3.96. The van der Waals surface area contributed by atoms with Crippen LogP contribution in [0.3, 0.4) is 0 Å². The van der Waals surface area contributed by atoms with Gasteiger partial charge in [0.1, 0.15) is 5.69 Å². The van der Waals surface area contributed by atoms with E-state index < -0.39 is 12.1 Å². The molecule has 4 rings (SSSR count). The van der Waals surface area contributed by atoms with Crippen LogP contribution < -0.4 is 10.6 Å². The Hall–Kier alpha value is -3.73. The van der Waals surface area contributed by atoms with Gasteiger partial charge in [-0.25, -0.2) is 9.48 Å². The number of carbonyl (C=O) groups is 2. The van der Waals surface area contributed by atoms with Crippen LogP contribution in [0.2, 0.25) is 0 Å². The first-order chi connectivity index (χ1) is 17.1. The molecule has 0 bridgehead atoms. The van der Waals surface area contributed by atoms with E-state index in [1.807, 2.05) is 73.4 Å². The number of aromatic nitrogens is 3. The number of para-hydroxylation sites is 1. The number of aryl methyl sites for hydroxylation is 1. The van der Waals surface area contributed by atoms with Crippen molar-refractivity contribution in [2.75, 3.05) is 12.4 Å². The number of nitrogens with one attached hydrogen (secondary N) is 2. The number of alkyl halides is 3. The largest absolute Gasteiger partial charge is 0.490 e. The van der Waals surface area contributed by atoms with Crippen molar-refractivity contribution in [1.29, 1.82) is 0 Å². The molecule has 192 valence electrons. The Labute approximate surface area is 206 Å². The van der Waals surface area contributed by atoms with E-state index in [4.69, 9.17) is 9.90 Å². The Morgan fingerprint density at radius 3 is 2.28 bits per heavy atom. The molecule has 0 spiro atoms. The Morgan fingerprint density at radius 1 is 1.06 bits per heavy atom. The number of halogens is 3. The van der Waals surface area contributed by atoms with Gasteiger partial charge in [0.05, 0.1) is 12.2 Å². The molecular weight excluding hydrogens is 475 g/mol. The smallest absolute Gasteiger partial charge is 0.475 e. The number of carboxylic acid groups (broad SMARTS) is 1. The molecule has 3 aromatic rings. The van der Waals surface area contributed by atoms with E-state index in [-0.39, 0.29) is 5.91 Å². The first-order valence-electron chi connectivity index (χ1n) is 11.4. The summed E-state index contributed by atoms with van der Waals surface area (Å²) in [6, 6.07) is 16.4. The van der Waals surface area contributed by atoms with Crippen molar-refractivity contribution in [2.24, 2.45) is 0 Å². The predicted molar refractivity (Wildman–Crippen MR) is 129 cm³/mol. The van der Waals surface area contributed by atoms with Gasteiger partial charge in [0.2, 0.25) is 0 Å². The van der Waals surface area contributed by atoms with E-state index in [9.17, 15) is 18.0 Å².